The predicted molar refractivity (Wildman–Crippen MR) is 108 cm³/mol. The second-order valence-corrected chi connectivity index (χ2v) is 7.61. The summed E-state index contributed by atoms with van der Waals surface area (Å²) in [5.41, 5.74) is 6.47. The van der Waals surface area contributed by atoms with E-state index in [0.29, 0.717) is 11.3 Å². The average molecular weight is 382 g/mol. The molecule has 1 aliphatic rings. The van der Waals surface area contributed by atoms with Gasteiger partial charge in [0.1, 0.15) is 5.82 Å². The number of H-pyrrole nitrogens is 2. The number of fused-ring (bicyclic) bond motifs is 1. The molecule has 0 saturated carbocycles. The Morgan fingerprint density at radius 2 is 2.07 bits per heavy atom. The van der Waals surface area contributed by atoms with Crippen LogP contribution >= 0.6 is 12.2 Å². The summed E-state index contributed by atoms with van der Waals surface area (Å²) in [7, 11) is 0. The van der Waals surface area contributed by atoms with Crippen molar-refractivity contribution >= 4 is 12.2 Å². The molecule has 0 saturated heterocycles. The number of hydrogen-bond donors (Lipinski definition) is 2. The highest BCUT2D eigenvalue weighted by atomic mass is 32.1. The first-order valence-corrected chi connectivity index (χ1v) is 9.51. The van der Waals surface area contributed by atoms with E-state index < -0.39 is 0 Å². The van der Waals surface area contributed by atoms with Crippen LogP contribution in [0.5, 0.6) is 0 Å². The summed E-state index contributed by atoms with van der Waals surface area (Å²) in [6, 6.07) is 6.27. The van der Waals surface area contributed by atoms with Crippen LogP contribution in [0.3, 0.4) is 0 Å². The van der Waals surface area contributed by atoms with Crippen LogP contribution in [0, 0.1) is 25.5 Å². The fourth-order valence-corrected chi connectivity index (χ4v) is 4.13. The highest BCUT2D eigenvalue weighted by Crippen LogP contribution is 2.24. The van der Waals surface area contributed by atoms with Gasteiger partial charge in [-0.05, 0) is 56.2 Å². The fourth-order valence-electron chi connectivity index (χ4n) is 3.92. The number of aromatic amines is 2. The van der Waals surface area contributed by atoms with Gasteiger partial charge in [0.15, 0.2) is 4.77 Å². The van der Waals surface area contributed by atoms with Crippen LogP contribution < -0.4 is 5.56 Å². The Balaban J connectivity index is 1.63. The molecule has 140 valence electrons. The molecule has 3 aromatic rings. The van der Waals surface area contributed by atoms with Crippen molar-refractivity contribution in [2.75, 3.05) is 6.54 Å². The number of hydrogen-bond acceptors (Lipinski definition) is 4. The molecule has 7 heteroatoms. The van der Waals surface area contributed by atoms with Gasteiger partial charge >= 0.3 is 0 Å². The van der Waals surface area contributed by atoms with Gasteiger partial charge < -0.3 is 9.55 Å². The van der Waals surface area contributed by atoms with Crippen molar-refractivity contribution in [3.05, 3.63) is 73.3 Å². The van der Waals surface area contributed by atoms with Crippen molar-refractivity contribution in [3.63, 3.8) is 0 Å². The highest BCUT2D eigenvalue weighted by Gasteiger charge is 2.22. The van der Waals surface area contributed by atoms with E-state index in [1.54, 1.807) is 0 Å². The molecular weight excluding hydrogens is 358 g/mol. The summed E-state index contributed by atoms with van der Waals surface area (Å²) in [6.07, 6.45) is 2.64. The lowest BCUT2D eigenvalue weighted by molar-refractivity contribution is 0.241. The number of rotatable bonds is 3. The Kier molecular flexibility index (Phi) is 4.57. The molecule has 0 fully saturated rings. The molecule has 0 aromatic carbocycles. The zero-order valence-corrected chi connectivity index (χ0v) is 16.6. The van der Waals surface area contributed by atoms with Crippen LogP contribution in [0.1, 0.15) is 33.8 Å². The summed E-state index contributed by atoms with van der Waals surface area (Å²) < 4.78 is 2.62. The smallest absolute Gasteiger partial charge is 0.256 e. The van der Waals surface area contributed by atoms with Crippen molar-refractivity contribution in [2.45, 2.75) is 40.3 Å². The maximum Gasteiger partial charge on any atom is 0.256 e. The lowest BCUT2D eigenvalue weighted by Gasteiger charge is -2.27. The largest absolute Gasteiger partial charge is 0.335 e. The van der Waals surface area contributed by atoms with E-state index in [4.69, 9.17) is 12.2 Å². The third-order valence-corrected chi connectivity index (χ3v) is 5.52. The van der Waals surface area contributed by atoms with E-state index in [0.717, 1.165) is 42.1 Å². The molecule has 0 atom stereocenters. The third kappa shape index (κ3) is 3.28. The van der Waals surface area contributed by atoms with Gasteiger partial charge in [0.25, 0.3) is 5.56 Å². The molecule has 0 amide bonds. The number of nitrogens with zero attached hydrogens (tertiary/aromatic N) is 3. The molecule has 4 heterocycles. The second kappa shape index (κ2) is 6.90. The first kappa shape index (κ1) is 17.9. The molecule has 2 N–H and O–H groups in total. The molecule has 27 heavy (non-hydrogen) atoms. The van der Waals surface area contributed by atoms with Crippen molar-refractivity contribution in [2.24, 2.45) is 0 Å². The van der Waals surface area contributed by atoms with Gasteiger partial charge in [-0.15, -0.1) is 0 Å². The van der Waals surface area contributed by atoms with Crippen LogP contribution in [-0.4, -0.2) is 31.0 Å². The van der Waals surface area contributed by atoms with Gasteiger partial charge in [0.05, 0.1) is 5.56 Å². The minimum absolute atomic E-state index is 0.0759. The van der Waals surface area contributed by atoms with Crippen LogP contribution in [0.2, 0.25) is 0 Å². The Labute approximate surface area is 162 Å². The van der Waals surface area contributed by atoms with E-state index >= 15 is 0 Å². The molecule has 0 radical (unpaired) electrons. The number of aryl methyl sites for hydroxylation is 2. The standard InChI is InChI=1S/C20H23N5OS/c1-12-5-4-7-21-18(12)25-13(2)9-15(14(25)3)10-24-8-6-17-16(11-24)19(26)23-20(27)22-17/h4-5,7,9H,6,8,10-11H2,1-3H3,(H2,22,23,26,27). The SMILES string of the molecule is Cc1cccnc1-n1c(C)cc(CN2CCc3[nH]c(=S)[nH]c(=O)c3C2)c1C. The molecule has 0 bridgehead atoms. The molecule has 0 unspecified atom stereocenters. The number of nitrogens with one attached hydrogen (secondary N) is 2. The predicted octanol–water partition coefficient (Wildman–Crippen LogP) is 3.10. The van der Waals surface area contributed by atoms with Crippen molar-refractivity contribution in [1.82, 2.24) is 24.4 Å². The van der Waals surface area contributed by atoms with Gasteiger partial charge in [0.2, 0.25) is 0 Å². The highest BCUT2D eigenvalue weighted by molar-refractivity contribution is 7.71. The zero-order valence-electron chi connectivity index (χ0n) is 15.8. The molecule has 0 spiro atoms. The lowest BCUT2D eigenvalue weighted by atomic mass is 10.1. The monoisotopic (exact) mass is 381 g/mol. The van der Waals surface area contributed by atoms with E-state index in [-0.39, 0.29) is 5.56 Å². The van der Waals surface area contributed by atoms with Crippen molar-refractivity contribution in [3.8, 4) is 5.82 Å². The molecule has 3 aromatic heterocycles. The Bertz CT molecular complexity index is 1120. The Morgan fingerprint density at radius 1 is 1.26 bits per heavy atom. The number of pyridine rings is 1. The third-order valence-electron chi connectivity index (χ3n) is 5.31. The summed E-state index contributed by atoms with van der Waals surface area (Å²) in [5.74, 6) is 0.978. The van der Waals surface area contributed by atoms with Crippen LogP contribution in [0.4, 0.5) is 0 Å². The minimum Gasteiger partial charge on any atom is -0.335 e. The first-order valence-electron chi connectivity index (χ1n) is 9.10. The summed E-state index contributed by atoms with van der Waals surface area (Å²) >= 11 is 5.08. The lowest BCUT2D eigenvalue weighted by Crippen LogP contribution is -2.35. The van der Waals surface area contributed by atoms with E-state index in [1.165, 1.54) is 17.0 Å². The summed E-state index contributed by atoms with van der Waals surface area (Å²) in [5, 5.41) is 0. The summed E-state index contributed by atoms with van der Waals surface area (Å²) in [4.78, 5) is 25.0. The Morgan fingerprint density at radius 3 is 2.85 bits per heavy atom. The molecule has 1 aliphatic heterocycles. The second-order valence-electron chi connectivity index (χ2n) is 7.20. The first-order chi connectivity index (χ1) is 12.9. The normalized spacial score (nSPS) is 14.3. The Hall–Kier alpha value is -2.51. The van der Waals surface area contributed by atoms with E-state index in [9.17, 15) is 4.79 Å². The maximum absolute atomic E-state index is 12.2. The minimum atomic E-state index is -0.0759. The van der Waals surface area contributed by atoms with Crippen LogP contribution in [0.25, 0.3) is 5.82 Å². The number of aromatic nitrogens is 4. The van der Waals surface area contributed by atoms with Gasteiger partial charge in [-0.1, -0.05) is 6.07 Å². The topological polar surface area (TPSA) is 69.7 Å². The van der Waals surface area contributed by atoms with Crippen molar-refractivity contribution < 1.29 is 0 Å². The zero-order chi connectivity index (χ0) is 19.1. The van der Waals surface area contributed by atoms with Gasteiger partial charge in [-0.2, -0.15) is 0 Å². The van der Waals surface area contributed by atoms with Gasteiger partial charge in [0, 0.05) is 49.3 Å². The van der Waals surface area contributed by atoms with Gasteiger partial charge in [-0.25, -0.2) is 4.98 Å². The maximum atomic E-state index is 12.2. The van der Waals surface area contributed by atoms with E-state index in [2.05, 4.69) is 57.3 Å². The summed E-state index contributed by atoms with van der Waals surface area (Å²) in [6.45, 7) is 8.66. The molecular formula is C20H23N5OS. The van der Waals surface area contributed by atoms with Crippen molar-refractivity contribution in [1.29, 1.82) is 0 Å². The molecule has 6 nitrogen and oxygen atoms in total. The van der Waals surface area contributed by atoms with Crippen LogP contribution in [0.15, 0.2) is 29.2 Å². The van der Waals surface area contributed by atoms with Gasteiger partial charge in [-0.3, -0.25) is 14.7 Å². The van der Waals surface area contributed by atoms with Crippen LogP contribution in [-0.2, 0) is 19.5 Å². The quantitative estimate of drug-likeness (QED) is 0.684. The average Bonchev–Trinajstić information content (AvgIpc) is 2.90. The molecule has 0 aliphatic carbocycles. The van der Waals surface area contributed by atoms with E-state index in [1.807, 2.05) is 12.3 Å². The molecule has 4 rings (SSSR count). The fraction of sp³-hybridized carbons (Fsp3) is 0.350.